The van der Waals surface area contributed by atoms with Crippen molar-refractivity contribution in [2.45, 2.75) is 32.2 Å². The standard InChI is InChI=1S/C19H18N4O5S2/c24-16(25)7-2-1-3-8-22-18(26)15(30-19(22)29)10-13-11-20-21-17(13)12-5-4-6-14(9-12)23(27)28/h4-6,9-11,26H,1-3,7-8H2,(H,24,25). The predicted octanol–water partition coefficient (Wildman–Crippen LogP) is 4.41. The van der Waals surface area contributed by atoms with E-state index in [1.165, 1.54) is 29.7 Å². The number of nitro groups is 1. The van der Waals surface area contributed by atoms with Crippen LogP contribution in [0, 0.1) is 14.1 Å². The number of thiazole rings is 1. The number of non-ortho nitro benzene ring substituents is 1. The van der Waals surface area contributed by atoms with Crippen molar-refractivity contribution in [2.75, 3.05) is 0 Å². The predicted molar refractivity (Wildman–Crippen MR) is 117 cm³/mol. The molecule has 156 valence electrons. The van der Waals surface area contributed by atoms with Crippen LogP contribution in [0.5, 0.6) is 5.88 Å². The van der Waals surface area contributed by atoms with Crippen molar-refractivity contribution in [3.63, 3.8) is 0 Å². The molecule has 1 aromatic carbocycles. The molecule has 2 N–H and O–H groups in total. The number of aliphatic carboxylic acids is 1. The average molecular weight is 447 g/mol. The number of carbonyl (C=O) groups is 1. The van der Waals surface area contributed by atoms with E-state index in [0.717, 1.165) is 6.42 Å². The second-order valence-electron chi connectivity index (χ2n) is 6.51. The Morgan fingerprint density at radius 2 is 2.13 bits per heavy atom. The van der Waals surface area contributed by atoms with Crippen LogP contribution in [0.3, 0.4) is 0 Å². The third-order valence-corrected chi connectivity index (χ3v) is 5.80. The van der Waals surface area contributed by atoms with Gasteiger partial charge in [0.05, 0.1) is 16.0 Å². The summed E-state index contributed by atoms with van der Waals surface area (Å²) in [6, 6.07) is 6.11. The van der Waals surface area contributed by atoms with E-state index in [9.17, 15) is 20.0 Å². The molecular formula is C19H18N4O5S2. The van der Waals surface area contributed by atoms with Crippen molar-refractivity contribution in [3.05, 3.63) is 54.3 Å². The van der Waals surface area contributed by atoms with E-state index in [0.29, 0.717) is 45.1 Å². The summed E-state index contributed by atoms with van der Waals surface area (Å²) in [5.41, 5.74) is 1.58. The van der Waals surface area contributed by atoms with Crippen LogP contribution < -0.4 is 0 Å². The second-order valence-corrected chi connectivity index (χ2v) is 8.19. The molecule has 30 heavy (non-hydrogen) atoms. The molecule has 0 fully saturated rings. The number of allylic oxidation sites excluding steroid dienone is 1. The van der Waals surface area contributed by atoms with E-state index in [2.05, 4.69) is 10.2 Å². The van der Waals surface area contributed by atoms with E-state index < -0.39 is 10.9 Å². The number of rotatable bonds is 9. The molecule has 0 atom stereocenters. The molecule has 0 amide bonds. The molecular weight excluding hydrogens is 428 g/mol. The van der Waals surface area contributed by atoms with Gasteiger partial charge in [-0.05, 0) is 31.1 Å². The quantitative estimate of drug-likeness (QED) is 0.254. The zero-order valence-electron chi connectivity index (χ0n) is 15.7. The minimum absolute atomic E-state index is 0.0226. The number of aromatic hydroxyl groups is 1. The third kappa shape index (κ3) is 5.05. The lowest BCUT2D eigenvalue weighted by atomic mass is 10.0. The first-order valence-corrected chi connectivity index (χ1v) is 10.3. The summed E-state index contributed by atoms with van der Waals surface area (Å²) in [6.45, 7) is 0.490. The van der Waals surface area contributed by atoms with Crippen LogP contribution in [0.2, 0.25) is 0 Å². The third-order valence-electron chi connectivity index (χ3n) is 4.41. The molecule has 1 aliphatic heterocycles. The minimum Gasteiger partial charge on any atom is -0.493 e. The first kappa shape index (κ1) is 21.5. The molecule has 2 heterocycles. The van der Waals surface area contributed by atoms with Gasteiger partial charge in [0.2, 0.25) is 5.88 Å². The van der Waals surface area contributed by atoms with Crippen LogP contribution >= 0.6 is 23.6 Å². The Labute approximate surface area is 180 Å². The van der Waals surface area contributed by atoms with E-state index in [4.69, 9.17) is 17.3 Å². The van der Waals surface area contributed by atoms with Gasteiger partial charge >= 0.3 is 5.97 Å². The number of hydrogen-bond acceptors (Lipinski definition) is 8. The second kappa shape index (κ2) is 9.55. The molecule has 1 aliphatic rings. The Kier molecular flexibility index (Phi) is 6.85. The van der Waals surface area contributed by atoms with Gasteiger partial charge in [-0.2, -0.15) is 5.10 Å². The summed E-state index contributed by atoms with van der Waals surface area (Å²) < 4.78 is 2.12. The molecule has 1 aromatic heterocycles. The van der Waals surface area contributed by atoms with E-state index in [-0.39, 0.29) is 18.0 Å². The number of hydrogen-bond donors (Lipinski definition) is 2. The van der Waals surface area contributed by atoms with Gasteiger partial charge in [0.1, 0.15) is 5.71 Å². The van der Waals surface area contributed by atoms with E-state index >= 15 is 0 Å². The largest absolute Gasteiger partial charge is 0.493 e. The Hall–Kier alpha value is -3.18. The van der Waals surface area contributed by atoms with E-state index in [1.54, 1.807) is 22.8 Å². The van der Waals surface area contributed by atoms with Gasteiger partial charge in [0, 0.05) is 36.2 Å². The van der Waals surface area contributed by atoms with Crippen LogP contribution in [-0.2, 0) is 11.3 Å². The summed E-state index contributed by atoms with van der Waals surface area (Å²) >= 11 is 6.58. The summed E-state index contributed by atoms with van der Waals surface area (Å²) in [6.07, 6.45) is 5.33. The highest BCUT2D eigenvalue weighted by Crippen LogP contribution is 2.30. The molecule has 0 spiro atoms. The highest BCUT2D eigenvalue weighted by atomic mass is 32.1. The molecule has 0 saturated carbocycles. The van der Waals surface area contributed by atoms with Gasteiger partial charge < -0.3 is 10.2 Å². The van der Waals surface area contributed by atoms with Crippen molar-refractivity contribution in [3.8, 4) is 5.88 Å². The Balaban J connectivity index is 1.78. The van der Waals surface area contributed by atoms with Gasteiger partial charge in [0.15, 0.2) is 3.95 Å². The smallest absolute Gasteiger partial charge is 0.303 e. The van der Waals surface area contributed by atoms with Crippen molar-refractivity contribution in [1.29, 1.82) is 0 Å². The highest BCUT2D eigenvalue weighted by Gasteiger charge is 2.18. The van der Waals surface area contributed by atoms with Crippen LogP contribution in [0.15, 0.2) is 40.0 Å². The summed E-state index contributed by atoms with van der Waals surface area (Å²) in [5.74, 6) is -0.798. The molecule has 2 aromatic rings. The highest BCUT2D eigenvalue weighted by molar-refractivity contribution is 7.73. The number of carboxylic acid groups (broad SMARTS) is 1. The molecule has 0 unspecified atom stereocenters. The van der Waals surface area contributed by atoms with Gasteiger partial charge in [-0.15, -0.1) is 16.4 Å². The summed E-state index contributed by atoms with van der Waals surface area (Å²) in [4.78, 5) is 21.7. The number of nitro benzene ring substituents is 1. The number of carboxylic acids is 1. The molecule has 9 nitrogen and oxygen atoms in total. The van der Waals surface area contributed by atoms with Crippen LogP contribution in [0.4, 0.5) is 5.69 Å². The molecule has 3 rings (SSSR count). The van der Waals surface area contributed by atoms with Crippen molar-refractivity contribution in [1.82, 2.24) is 4.57 Å². The number of unbranched alkanes of at least 4 members (excludes halogenated alkanes) is 2. The zero-order chi connectivity index (χ0) is 21.7. The Morgan fingerprint density at radius 3 is 2.87 bits per heavy atom. The van der Waals surface area contributed by atoms with Crippen LogP contribution in [-0.4, -0.2) is 37.6 Å². The zero-order valence-corrected chi connectivity index (χ0v) is 17.4. The Bertz CT molecular complexity index is 1130. The Morgan fingerprint density at radius 1 is 1.33 bits per heavy atom. The van der Waals surface area contributed by atoms with Crippen molar-refractivity contribution >= 4 is 53.2 Å². The molecule has 11 heteroatoms. The van der Waals surface area contributed by atoms with Gasteiger partial charge in [-0.1, -0.05) is 18.6 Å². The number of nitrogens with zero attached hydrogens (tertiary/aromatic N) is 4. The van der Waals surface area contributed by atoms with Crippen molar-refractivity contribution < 1.29 is 19.9 Å². The monoisotopic (exact) mass is 446 g/mol. The first-order valence-electron chi connectivity index (χ1n) is 9.09. The SMILES string of the molecule is O=C(O)CCCCCn1c(O)c(C=C2C=NN=C2c2cccc([N+](=O)[O-])c2)sc1=S. The topological polar surface area (TPSA) is 130 Å². The lowest BCUT2D eigenvalue weighted by Gasteiger charge is -2.05. The summed E-state index contributed by atoms with van der Waals surface area (Å²) in [5, 5.41) is 38.3. The number of benzene rings is 1. The molecule has 0 bridgehead atoms. The number of aromatic nitrogens is 1. The molecule has 0 aliphatic carbocycles. The lowest BCUT2D eigenvalue weighted by Crippen LogP contribution is -2.03. The van der Waals surface area contributed by atoms with Gasteiger partial charge in [0.25, 0.3) is 5.69 Å². The van der Waals surface area contributed by atoms with Crippen molar-refractivity contribution in [2.24, 2.45) is 10.2 Å². The minimum atomic E-state index is -0.821. The van der Waals surface area contributed by atoms with Crippen LogP contribution in [0.1, 0.15) is 36.1 Å². The van der Waals surface area contributed by atoms with Gasteiger partial charge in [-0.25, -0.2) is 0 Å². The average Bonchev–Trinajstić information content (AvgIpc) is 3.27. The maximum absolute atomic E-state index is 11.0. The molecule has 0 radical (unpaired) electrons. The fourth-order valence-electron chi connectivity index (χ4n) is 2.93. The van der Waals surface area contributed by atoms with E-state index in [1.807, 2.05) is 0 Å². The normalized spacial score (nSPS) is 14.3. The van der Waals surface area contributed by atoms with Crippen LogP contribution in [0.25, 0.3) is 6.08 Å². The molecule has 0 saturated heterocycles. The lowest BCUT2D eigenvalue weighted by molar-refractivity contribution is -0.384. The maximum atomic E-state index is 11.0. The first-order chi connectivity index (χ1) is 14.4. The van der Waals surface area contributed by atoms with Gasteiger partial charge in [-0.3, -0.25) is 19.5 Å². The maximum Gasteiger partial charge on any atom is 0.303 e. The fraction of sp³-hybridized carbons (Fsp3) is 0.263. The fourth-order valence-corrected chi connectivity index (χ4v) is 4.24. The summed E-state index contributed by atoms with van der Waals surface area (Å²) in [7, 11) is 0.